The fourth-order valence-electron chi connectivity index (χ4n) is 1.80. The largest absolute Gasteiger partial charge is 0.485 e. The molecular weight excluding hydrogens is 338 g/mol. The Morgan fingerprint density at radius 2 is 2.05 bits per heavy atom. The van der Waals surface area contributed by atoms with Crippen LogP contribution in [-0.4, -0.2) is 17.3 Å². The van der Waals surface area contributed by atoms with E-state index in [0.29, 0.717) is 16.9 Å². The van der Waals surface area contributed by atoms with E-state index >= 15 is 0 Å². The number of nitro benzene ring substituents is 1. The SMILES string of the molecule is Cc1cc([N+](=O)[O-])ccc1OCC(=O)c1cccc(Br)c1. The second-order valence-electron chi connectivity index (χ2n) is 4.43. The van der Waals surface area contributed by atoms with Gasteiger partial charge in [-0.2, -0.15) is 0 Å². The molecule has 0 saturated heterocycles. The van der Waals surface area contributed by atoms with Crippen LogP contribution >= 0.6 is 15.9 Å². The first-order valence-corrected chi connectivity index (χ1v) is 6.93. The minimum absolute atomic E-state index is 0.00170. The Hall–Kier alpha value is -2.21. The van der Waals surface area contributed by atoms with Gasteiger partial charge in [0.2, 0.25) is 0 Å². The van der Waals surface area contributed by atoms with Gasteiger partial charge in [0.1, 0.15) is 5.75 Å². The first kappa shape index (κ1) is 15.2. The third-order valence-electron chi connectivity index (χ3n) is 2.87. The number of hydrogen-bond donors (Lipinski definition) is 0. The van der Waals surface area contributed by atoms with E-state index in [2.05, 4.69) is 15.9 Å². The molecule has 0 saturated carbocycles. The summed E-state index contributed by atoms with van der Waals surface area (Å²) in [5.41, 5.74) is 1.16. The summed E-state index contributed by atoms with van der Waals surface area (Å²) in [6.07, 6.45) is 0. The Bertz CT molecular complexity index is 700. The Labute approximate surface area is 129 Å². The van der Waals surface area contributed by atoms with Gasteiger partial charge < -0.3 is 4.74 Å². The van der Waals surface area contributed by atoms with E-state index < -0.39 is 4.92 Å². The Kier molecular flexibility index (Phi) is 4.70. The number of ether oxygens (including phenoxy) is 1. The van der Waals surface area contributed by atoms with Gasteiger partial charge >= 0.3 is 0 Å². The molecule has 0 fully saturated rings. The van der Waals surface area contributed by atoms with Crippen LogP contribution in [0.2, 0.25) is 0 Å². The van der Waals surface area contributed by atoms with Crippen molar-refractivity contribution in [3.63, 3.8) is 0 Å². The zero-order chi connectivity index (χ0) is 15.4. The number of aryl methyl sites for hydroxylation is 1. The van der Waals surface area contributed by atoms with E-state index in [0.717, 1.165) is 4.47 Å². The van der Waals surface area contributed by atoms with Crippen LogP contribution in [0, 0.1) is 17.0 Å². The molecule has 2 rings (SSSR count). The molecule has 0 atom stereocenters. The molecule has 108 valence electrons. The van der Waals surface area contributed by atoms with Crippen LogP contribution in [0.3, 0.4) is 0 Å². The number of benzene rings is 2. The molecule has 0 amide bonds. The molecule has 0 heterocycles. The summed E-state index contributed by atoms with van der Waals surface area (Å²) in [6.45, 7) is 1.58. The predicted molar refractivity (Wildman–Crippen MR) is 81.8 cm³/mol. The minimum atomic E-state index is -0.469. The summed E-state index contributed by atoms with van der Waals surface area (Å²) in [5.74, 6) is 0.304. The fraction of sp³-hybridized carbons (Fsp3) is 0.133. The van der Waals surface area contributed by atoms with Crippen LogP contribution in [0.15, 0.2) is 46.9 Å². The number of nitro groups is 1. The number of ketones is 1. The fourth-order valence-corrected chi connectivity index (χ4v) is 2.20. The number of carbonyl (C=O) groups excluding carboxylic acids is 1. The number of halogens is 1. The van der Waals surface area contributed by atoms with Crippen LogP contribution in [0.4, 0.5) is 5.69 Å². The maximum Gasteiger partial charge on any atom is 0.269 e. The Morgan fingerprint density at radius 1 is 1.29 bits per heavy atom. The number of carbonyl (C=O) groups is 1. The zero-order valence-corrected chi connectivity index (χ0v) is 12.8. The molecule has 6 heteroatoms. The molecule has 0 radical (unpaired) electrons. The van der Waals surface area contributed by atoms with Crippen molar-refractivity contribution in [2.24, 2.45) is 0 Å². The lowest BCUT2D eigenvalue weighted by atomic mass is 10.1. The third kappa shape index (κ3) is 3.88. The molecule has 0 spiro atoms. The van der Waals surface area contributed by atoms with Gasteiger partial charge in [0.15, 0.2) is 12.4 Å². The van der Waals surface area contributed by atoms with E-state index in [-0.39, 0.29) is 18.1 Å². The van der Waals surface area contributed by atoms with Gasteiger partial charge in [0, 0.05) is 22.2 Å². The third-order valence-corrected chi connectivity index (χ3v) is 3.37. The molecule has 5 nitrogen and oxygen atoms in total. The maximum atomic E-state index is 12.0. The molecule has 0 aromatic heterocycles. The van der Waals surface area contributed by atoms with Crippen molar-refractivity contribution >= 4 is 27.4 Å². The van der Waals surface area contributed by atoms with Crippen molar-refractivity contribution in [2.45, 2.75) is 6.92 Å². The first-order valence-electron chi connectivity index (χ1n) is 6.14. The number of Topliss-reactive ketones (excluding diaryl/α,β-unsaturated/α-hetero) is 1. The van der Waals surface area contributed by atoms with Crippen molar-refractivity contribution in [2.75, 3.05) is 6.61 Å². The summed E-state index contributed by atoms with van der Waals surface area (Å²) in [5, 5.41) is 10.7. The average Bonchev–Trinajstić information content (AvgIpc) is 2.45. The van der Waals surface area contributed by atoms with Gasteiger partial charge in [0.25, 0.3) is 5.69 Å². The maximum absolute atomic E-state index is 12.0. The number of rotatable bonds is 5. The summed E-state index contributed by atoms with van der Waals surface area (Å²) in [6, 6.07) is 11.3. The van der Waals surface area contributed by atoms with Gasteiger partial charge in [0.05, 0.1) is 4.92 Å². The van der Waals surface area contributed by atoms with E-state index in [1.165, 1.54) is 18.2 Å². The molecule has 2 aromatic carbocycles. The number of non-ortho nitro benzene ring substituents is 1. The van der Waals surface area contributed by atoms with Crippen LogP contribution in [-0.2, 0) is 0 Å². The van der Waals surface area contributed by atoms with Gasteiger partial charge in [-0.3, -0.25) is 14.9 Å². The summed E-state index contributed by atoms with van der Waals surface area (Å²) >= 11 is 3.30. The van der Waals surface area contributed by atoms with Crippen LogP contribution in [0.25, 0.3) is 0 Å². The van der Waals surface area contributed by atoms with Gasteiger partial charge in [-0.25, -0.2) is 0 Å². The standard InChI is InChI=1S/C15H12BrNO4/c1-10-7-13(17(19)20)5-6-15(10)21-9-14(18)11-3-2-4-12(16)8-11/h2-8H,9H2,1H3. The lowest BCUT2D eigenvalue weighted by molar-refractivity contribution is -0.384. The predicted octanol–water partition coefficient (Wildman–Crippen LogP) is 3.93. The van der Waals surface area contributed by atoms with Crippen LogP contribution in [0.1, 0.15) is 15.9 Å². The lowest BCUT2D eigenvalue weighted by Crippen LogP contribution is -2.12. The monoisotopic (exact) mass is 349 g/mol. The van der Waals surface area contributed by atoms with E-state index in [4.69, 9.17) is 4.74 Å². The Morgan fingerprint density at radius 3 is 2.67 bits per heavy atom. The van der Waals surface area contributed by atoms with E-state index in [9.17, 15) is 14.9 Å². The van der Waals surface area contributed by atoms with Gasteiger partial charge in [-0.15, -0.1) is 0 Å². The normalized spacial score (nSPS) is 10.2. The van der Waals surface area contributed by atoms with Crippen LogP contribution < -0.4 is 4.74 Å². The lowest BCUT2D eigenvalue weighted by Gasteiger charge is -2.08. The molecule has 21 heavy (non-hydrogen) atoms. The summed E-state index contributed by atoms with van der Waals surface area (Å²) in [4.78, 5) is 22.2. The average molecular weight is 350 g/mol. The van der Waals surface area contributed by atoms with E-state index in [1.807, 2.05) is 6.07 Å². The highest BCUT2D eigenvalue weighted by Crippen LogP contribution is 2.23. The van der Waals surface area contributed by atoms with Crippen molar-refractivity contribution in [3.05, 3.63) is 68.2 Å². The topological polar surface area (TPSA) is 69.4 Å². The molecule has 0 aliphatic rings. The van der Waals surface area contributed by atoms with Crippen LogP contribution in [0.5, 0.6) is 5.75 Å². The summed E-state index contributed by atoms with van der Waals surface area (Å²) < 4.78 is 6.26. The zero-order valence-electron chi connectivity index (χ0n) is 11.2. The second-order valence-corrected chi connectivity index (χ2v) is 5.34. The summed E-state index contributed by atoms with van der Waals surface area (Å²) in [7, 11) is 0. The highest BCUT2D eigenvalue weighted by molar-refractivity contribution is 9.10. The first-order chi connectivity index (χ1) is 9.97. The van der Waals surface area contributed by atoms with Gasteiger partial charge in [-0.1, -0.05) is 28.1 Å². The second kappa shape index (κ2) is 6.49. The molecular formula is C15H12BrNO4. The number of hydrogen-bond acceptors (Lipinski definition) is 4. The molecule has 0 N–H and O–H groups in total. The van der Waals surface area contributed by atoms with Crippen molar-refractivity contribution in [1.82, 2.24) is 0 Å². The highest BCUT2D eigenvalue weighted by Gasteiger charge is 2.11. The molecule has 0 unspecified atom stereocenters. The number of nitrogens with zero attached hydrogens (tertiary/aromatic N) is 1. The van der Waals surface area contributed by atoms with Crippen molar-refractivity contribution < 1.29 is 14.5 Å². The van der Waals surface area contributed by atoms with Crippen molar-refractivity contribution in [3.8, 4) is 5.75 Å². The van der Waals surface area contributed by atoms with Gasteiger partial charge in [-0.05, 0) is 30.7 Å². The molecule has 0 aliphatic heterocycles. The molecule has 2 aromatic rings. The van der Waals surface area contributed by atoms with E-state index in [1.54, 1.807) is 25.1 Å². The highest BCUT2D eigenvalue weighted by atomic mass is 79.9. The smallest absolute Gasteiger partial charge is 0.269 e. The molecule has 0 bridgehead atoms. The molecule has 0 aliphatic carbocycles. The van der Waals surface area contributed by atoms with Crippen molar-refractivity contribution in [1.29, 1.82) is 0 Å². The Balaban J connectivity index is 2.06. The minimum Gasteiger partial charge on any atom is -0.485 e. The quantitative estimate of drug-likeness (QED) is 0.465.